The van der Waals surface area contributed by atoms with Crippen molar-refractivity contribution in [3.8, 4) is 11.5 Å². The average molecular weight is 792 g/mol. The third-order valence-corrected chi connectivity index (χ3v) is 12.2. The van der Waals surface area contributed by atoms with Crippen LogP contribution in [0.25, 0.3) is 0 Å². The molecule has 53 heavy (non-hydrogen) atoms. The number of phenolic OH excluding ortho intramolecular Hbond substituents is 1. The largest absolute Gasteiger partial charge is 0.543 e. The van der Waals surface area contributed by atoms with Crippen molar-refractivity contribution in [3.63, 3.8) is 0 Å². The zero-order valence-electron chi connectivity index (χ0n) is 29.0. The van der Waals surface area contributed by atoms with E-state index in [0.717, 1.165) is 42.2 Å². The number of β-lactam (4-membered cyclic amide) rings is 1. The van der Waals surface area contributed by atoms with Gasteiger partial charge in [-0.05, 0) is 38.8 Å². The number of amides is 3. The summed E-state index contributed by atoms with van der Waals surface area (Å²) in [7, 11) is 1.38. The van der Waals surface area contributed by atoms with Crippen molar-refractivity contribution in [2.45, 2.75) is 62.1 Å². The van der Waals surface area contributed by atoms with Crippen LogP contribution in [0.15, 0.2) is 33.9 Å². The number of halogens is 1. The lowest BCUT2D eigenvalue weighted by Crippen LogP contribution is -2.72. The van der Waals surface area contributed by atoms with Gasteiger partial charge in [0.15, 0.2) is 22.3 Å². The highest BCUT2D eigenvalue weighted by Gasteiger charge is 2.56. The summed E-state index contributed by atoms with van der Waals surface area (Å²) in [4.78, 5) is 74.9. The molecule has 0 spiro atoms. The number of thiazole rings is 1. The number of aromatic hydroxyl groups is 1. The highest BCUT2D eigenvalue weighted by atomic mass is 35.5. The number of carboxylic acids is 2. The van der Waals surface area contributed by atoms with Crippen molar-refractivity contribution in [3.05, 3.63) is 45.1 Å². The van der Waals surface area contributed by atoms with Crippen LogP contribution >= 0.6 is 34.7 Å². The van der Waals surface area contributed by atoms with E-state index >= 15 is 0 Å². The number of nitrogens with two attached hydrogens (primary N) is 1. The van der Waals surface area contributed by atoms with Gasteiger partial charge in [-0.3, -0.25) is 19.3 Å². The average Bonchev–Trinajstić information content (AvgIpc) is 3.45. The van der Waals surface area contributed by atoms with Gasteiger partial charge in [-0.15, -0.1) is 23.1 Å². The van der Waals surface area contributed by atoms with E-state index in [1.807, 2.05) is 0 Å². The number of ether oxygens (including phenoxy) is 1. The molecule has 17 nitrogen and oxygen atoms in total. The molecule has 4 aliphatic rings. The SMILES string of the molecule is COc1ccc(C(=O)NC2(C[N+]3(CC4=C(C(=O)[O-])N5C(=O)[C@@H](NC(=O)/C(=N\OC(C)(C)C(=O)O)c6csc(N)n6)[C@H]5SC4)CCCC3)CC2)c(Cl)c1O. The van der Waals surface area contributed by atoms with Crippen LogP contribution in [0.1, 0.15) is 55.6 Å². The number of anilines is 1. The van der Waals surface area contributed by atoms with Gasteiger partial charge < -0.3 is 50.5 Å². The maximum atomic E-state index is 13.6. The van der Waals surface area contributed by atoms with E-state index in [1.165, 1.54) is 50.2 Å². The Labute approximate surface area is 316 Å². The lowest BCUT2D eigenvalue weighted by Gasteiger charge is -2.51. The highest BCUT2D eigenvalue weighted by molar-refractivity contribution is 8.00. The number of likely N-dealkylation sites (tertiary alicyclic amines) is 1. The molecule has 3 aliphatic heterocycles. The van der Waals surface area contributed by atoms with Crippen molar-refractivity contribution in [1.82, 2.24) is 20.5 Å². The summed E-state index contributed by atoms with van der Waals surface area (Å²) < 4.78 is 5.57. The molecule has 0 bridgehead atoms. The van der Waals surface area contributed by atoms with E-state index in [1.54, 1.807) is 0 Å². The smallest absolute Gasteiger partial charge is 0.350 e. The Kier molecular flexibility index (Phi) is 10.3. The number of hydrogen-bond donors (Lipinski definition) is 5. The Morgan fingerprint density at radius 2 is 1.94 bits per heavy atom. The molecule has 1 aromatic heterocycles. The van der Waals surface area contributed by atoms with Crippen molar-refractivity contribution < 1.29 is 53.3 Å². The lowest BCUT2D eigenvalue weighted by molar-refractivity contribution is -0.914. The molecule has 6 N–H and O–H groups in total. The first-order valence-corrected chi connectivity index (χ1v) is 18.9. The monoisotopic (exact) mass is 791 g/mol. The zero-order chi connectivity index (χ0) is 38.5. The summed E-state index contributed by atoms with van der Waals surface area (Å²) in [5, 5.41) is 42.5. The Bertz CT molecular complexity index is 1940. The molecule has 1 aliphatic carbocycles. The van der Waals surface area contributed by atoms with Crippen molar-refractivity contribution in [2.75, 3.05) is 44.8 Å². The van der Waals surface area contributed by atoms with Crippen LogP contribution in [-0.2, 0) is 24.0 Å². The molecular weight excluding hydrogens is 754 g/mol. The number of aromatic nitrogens is 1. The van der Waals surface area contributed by atoms with E-state index in [-0.39, 0.29) is 44.4 Å². The Balaban J connectivity index is 1.19. The Morgan fingerprint density at radius 1 is 1.25 bits per heavy atom. The quantitative estimate of drug-likeness (QED) is 0.0765. The molecule has 0 unspecified atom stereocenters. The fourth-order valence-corrected chi connectivity index (χ4v) is 9.02. The molecule has 3 amide bonds. The molecule has 284 valence electrons. The number of aliphatic carboxylic acids is 2. The number of carbonyl (C=O) groups is 5. The number of thioether (sulfide) groups is 1. The fraction of sp³-hybridized carbons (Fsp3) is 0.485. The van der Waals surface area contributed by atoms with Gasteiger partial charge in [0.1, 0.15) is 30.2 Å². The van der Waals surface area contributed by atoms with Crippen LogP contribution < -0.4 is 26.2 Å². The Hall–Kier alpha value is -4.59. The van der Waals surface area contributed by atoms with E-state index in [2.05, 4.69) is 20.8 Å². The molecule has 4 heterocycles. The van der Waals surface area contributed by atoms with Gasteiger partial charge in [0.05, 0.1) is 48.0 Å². The predicted molar refractivity (Wildman–Crippen MR) is 191 cm³/mol. The van der Waals surface area contributed by atoms with Gasteiger partial charge in [-0.25, -0.2) is 9.78 Å². The topological polar surface area (TPSA) is 246 Å². The minimum atomic E-state index is -1.80. The molecule has 20 heteroatoms. The van der Waals surface area contributed by atoms with Gasteiger partial charge in [0.2, 0.25) is 5.60 Å². The number of carbonyl (C=O) groups excluding carboxylic acids is 4. The summed E-state index contributed by atoms with van der Waals surface area (Å²) in [6.45, 7) is 4.77. The minimum Gasteiger partial charge on any atom is -0.543 e. The summed E-state index contributed by atoms with van der Waals surface area (Å²) in [5.41, 5.74) is 3.33. The number of nitrogen functional groups attached to an aromatic ring is 1. The first kappa shape index (κ1) is 38.1. The zero-order valence-corrected chi connectivity index (χ0v) is 31.4. The minimum absolute atomic E-state index is 0.00165. The summed E-state index contributed by atoms with van der Waals surface area (Å²) in [6.07, 6.45) is 3.19. The first-order chi connectivity index (χ1) is 25.0. The summed E-state index contributed by atoms with van der Waals surface area (Å²) in [5.74, 6) is -4.83. The van der Waals surface area contributed by atoms with E-state index in [0.29, 0.717) is 36.0 Å². The summed E-state index contributed by atoms with van der Waals surface area (Å²) >= 11 is 8.60. The molecule has 6 rings (SSSR count). The number of phenols is 1. The highest BCUT2D eigenvalue weighted by Crippen LogP contribution is 2.44. The standard InChI is InChI=1S/C33H38ClN7O10S2/c1-32(2,30(48)49)51-39-21(18-14-53-31(35)36-18)26(44)37-22-27(45)40-23(29(46)47)16(13-52-28(22)40)12-41(10-4-5-11-41)15-33(8-9-33)38-25(43)17-6-7-19(50-3)24(42)20(17)34/h6-7,14,22,28H,4-5,8-13,15H2,1-3H3,(H6-,35,36,37,38,42,43,44,46,47,48,49)/b39-21-/t22-,28-/m1/s1. The van der Waals surface area contributed by atoms with Gasteiger partial charge >= 0.3 is 5.97 Å². The molecule has 1 aromatic carbocycles. The number of carboxylic acid groups (broad SMARTS) is 2. The number of hydrogen-bond acceptors (Lipinski definition) is 14. The van der Waals surface area contributed by atoms with E-state index in [9.17, 15) is 39.3 Å². The number of fused-ring (bicyclic) bond motifs is 1. The number of benzene rings is 1. The second kappa shape index (κ2) is 14.3. The molecule has 2 atom stereocenters. The first-order valence-electron chi connectivity index (χ1n) is 16.6. The second-order valence-corrected chi connectivity index (χ2v) is 16.4. The maximum Gasteiger partial charge on any atom is 0.350 e. The van der Waals surface area contributed by atoms with Crippen LogP contribution in [0.2, 0.25) is 5.02 Å². The van der Waals surface area contributed by atoms with Gasteiger partial charge in [0.25, 0.3) is 17.7 Å². The van der Waals surface area contributed by atoms with Crippen molar-refractivity contribution in [1.29, 1.82) is 0 Å². The molecule has 0 radical (unpaired) electrons. The predicted octanol–water partition coefficient (Wildman–Crippen LogP) is 0.654. The maximum absolute atomic E-state index is 13.6. The number of rotatable bonds is 14. The molecule has 2 saturated heterocycles. The Morgan fingerprint density at radius 3 is 2.53 bits per heavy atom. The number of methoxy groups -OCH3 is 1. The number of quaternary nitrogens is 1. The number of nitrogens with zero attached hydrogens (tertiary/aromatic N) is 4. The normalized spacial score (nSPS) is 21.7. The van der Waals surface area contributed by atoms with Gasteiger partial charge in [-0.1, -0.05) is 16.8 Å². The van der Waals surface area contributed by atoms with Crippen molar-refractivity contribution in [2.24, 2.45) is 5.16 Å². The van der Waals surface area contributed by atoms with Crippen molar-refractivity contribution >= 4 is 75.2 Å². The van der Waals surface area contributed by atoms with Crippen LogP contribution in [0.3, 0.4) is 0 Å². The molecule has 3 fully saturated rings. The lowest BCUT2D eigenvalue weighted by atomic mass is 10.0. The third-order valence-electron chi connectivity index (χ3n) is 9.84. The van der Waals surface area contributed by atoms with E-state index in [4.69, 9.17) is 26.9 Å². The summed E-state index contributed by atoms with van der Waals surface area (Å²) in [6, 6.07) is 1.80. The number of nitrogens with one attached hydrogen (secondary N) is 2. The number of oxime groups is 1. The van der Waals surface area contributed by atoms with E-state index < -0.39 is 57.9 Å². The van der Waals surface area contributed by atoms with Crippen LogP contribution in [0.4, 0.5) is 5.13 Å². The van der Waals surface area contributed by atoms with Crippen LogP contribution in [0.5, 0.6) is 11.5 Å². The van der Waals surface area contributed by atoms with Gasteiger partial charge in [0, 0.05) is 29.5 Å². The second-order valence-electron chi connectivity index (χ2n) is 14.0. The van der Waals surface area contributed by atoms with Crippen LogP contribution in [-0.4, -0.2) is 122 Å². The van der Waals surface area contributed by atoms with Gasteiger partial charge in [-0.2, -0.15) is 0 Å². The molecule has 2 aromatic rings. The molecule has 1 saturated carbocycles. The fourth-order valence-electron chi connectivity index (χ4n) is 6.90. The van der Waals surface area contributed by atoms with Crippen LogP contribution in [0, 0.1) is 0 Å². The molecular formula is C33H38ClN7O10S2. The third kappa shape index (κ3) is 7.47.